The lowest BCUT2D eigenvalue weighted by molar-refractivity contribution is 0.187. The third-order valence-electron chi connectivity index (χ3n) is 3.57. The summed E-state index contributed by atoms with van der Waals surface area (Å²) in [6.07, 6.45) is 0.293. The summed E-state index contributed by atoms with van der Waals surface area (Å²) < 4.78 is 5.09. The quantitative estimate of drug-likeness (QED) is 0.566. The third kappa shape index (κ3) is 5.00. The van der Waals surface area contributed by atoms with Crippen LogP contribution < -0.4 is 15.8 Å². The Kier molecular flexibility index (Phi) is 6.00. The van der Waals surface area contributed by atoms with Gasteiger partial charge in [-0.25, -0.2) is 0 Å². The standard InChI is InChI=1S/C18H23N3O2/c1-3-13-4-8-15(9-5-13)21-18(19)20-12-17(22)14-6-10-16(23-2)11-7-14/h4-11,17,22H,3,12H2,1-2H3,(H3,19,20,21). The van der Waals surface area contributed by atoms with Gasteiger partial charge >= 0.3 is 0 Å². The van der Waals surface area contributed by atoms with Crippen LogP contribution in [0.2, 0.25) is 0 Å². The number of benzene rings is 2. The number of methoxy groups -OCH3 is 1. The van der Waals surface area contributed by atoms with E-state index in [0.717, 1.165) is 23.4 Å². The van der Waals surface area contributed by atoms with Crippen LogP contribution >= 0.6 is 0 Å². The van der Waals surface area contributed by atoms with E-state index >= 15 is 0 Å². The van der Waals surface area contributed by atoms with E-state index in [9.17, 15) is 5.11 Å². The van der Waals surface area contributed by atoms with Crippen molar-refractivity contribution in [3.63, 3.8) is 0 Å². The highest BCUT2D eigenvalue weighted by Gasteiger charge is 2.07. The van der Waals surface area contributed by atoms with E-state index < -0.39 is 6.10 Å². The molecule has 0 saturated heterocycles. The molecule has 0 saturated carbocycles. The molecule has 2 aromatic carbocycles. The Hall–Kier alpha value is -2.53. The van der Waals surface area contributed by atoms with E-state index in [0.29, 0.717) is 0 Å². The molecule has 0 spiro atoms. The molecule has 0 fully saturated rings. The maximum Gasteiger partial charge on any atom is 0.193 e. The molecule has 5 nitrogen and oxygen atoms in total. The fourth-order valence-electron chi connectivity index (χ4n) is 2.13. The molecule has 0 heterocycles. The van der Waals surface area contributed by atoms with Crippen LogP contribution in [-0.2, 0) is 6.42 Å². The summed E-state index contributed by atoms with van der Waals surface area (Å²) in [6.45, 7) is 2.30. The number of hydrogen-bond donors (Lipinski definition) is 3. The van der Waals surface area contributed by atoms with Crippen LogP contribution in [0.5, 0.6) is 5.75 Å². The van der Waals surface area contributed by atoms with Gasteiger partial charge in [0.05, 0.1) is 19.8 Å². The fourth-order valence-corrected chi connectivity index (χ4v) is 2.13. The Morgan fingerprint density at radius 2 is 1.83 bits per heavy atom. The average Bonchev–Trinajstić information content (AvgIpc) is 2.60. The van der Waals surface area contributed by atoms with Crippen molar-refractivity contribution in [1.29, 1.82) is 0 Å². The molecule has 0 bridgehead atoms. The summed E-state index contributed by atoms with van der Waals surface area (Å²) in [4.78, 5) is 4.18. The number of rotatable bonds is 6. The molecule has 2 aromatic rings. The van der Waals surface area contributed by atoms with Crippen LogP contribution in [0.3, 0.4) is 0 Å². The number of aliphatic imine (C=N–C) groups is 1. The van der Waals surface area contributed by atoms with Crippen LogP contribution in [0.15, 0.2) is 53.5 Å². The van der Waals surface area contributed by atoms with Gasteiger partial charge in [0.1, 0.15) is 5.75 Å². The van der Waals surface area contributed by atoms with Crippen molar-refractivity contribution >= 4 is 11.6 Å². The average molecular weight is 313 g/mol. The molecule has 0 aliphatic heterocycles. The summed E-state index contributed by atoms with van der Waals surface area (Å²) in [7, 11) is 1.61. The van der Waals surface area contributed by atoms with Gasteiger partial charge in [-0.15, -0.1) is 0 Å². The van der Waals surface area contributed by atoms with Gasteiger partial charge in [0, 0.05) is 5.69 Å². The minimum atomic E-state index is -0.705. The first kappa shape index (κ1) is 16.8. The number of ether oxygens (including phenoxy) is 1. The topological polar surface area (TPSA) is 79.9 Å². The minimum absolute atomic E-state index is 0.193. The molecule has 122 valence electrons. The Labute approximate surface area is 136 Å². The number of guanidine groups is 1. The number of nitrogens with zero attached hydrogens (tertiary/aromatic N) is 1. The molecular weight excluding hydrogens is 290 g/mol. The van der Waals surface area contributed by atoms with Gasteiger partial charge in [-0.2, -0.15) is 0 Å². The highest BCUT2D eigenvalue weighted by Crippen LogP contribution is 2.17. The number of aryl methyl sites for hydroxylation is 1. The monoisotopic (exact) mass is 313 g/mol. The van der Waals surface area contributed by atoms with Gasteiger partial charge in [-0.1, -0.05) is 31.2 Å². The Morgan fingerprint density at radius 3 is 2.39 bits per heavy atom. The molecule has 0 aromatic heterocycles. The first-order valence-corrected chi connectivity index (χ1v) is 7.60. The predicted octanol–water partition coefficient (Wildman–Crippen LogP) is 2.72. The van der Waals surface area contributed by atoms with E-state index in [1.165, 1.54) is 5.56 Å². The SMILES string of the molecule is CCc1ccc(NC(N)=NCC(O)c2ccc(OC)cc2)cc1. The second kappa shape index (κ2) is 8.19. The Bertz CT molecular complexity index is 636. The molecule has 2 rings (SSSR count). The van der Waals surface area contributed by atoms with E-state index in [1.54, 1.807) is 19.2 Å². The second-order valence-corrected chi connectivity index (χ2v) is 5.19. The maximum atomic E-state index is 10.1. The Morgan fingerprint density at radius 1 is 1.17 bits per heavy atom. The number of hydrogen-bond acceptors (Lipinski definition) is 3. The van der Waals surface area contributed by atoms with Crippen LogP contribution in [0.25, 0.3) is 0 Å². The van der Waals surface area contributed by atoms with Gasteiger partial charge < -0.3 is 20.9 Å². The number of nitrogens with one attached hydrogen (secondary N) is 1. The van der Waals surface area contributed by atoms with Gasteiger partial charge in [0.25, 0.3) is 0 Å². The highest BCUT2D eigenvalue weighted by molar-refractivity contribution is 5.92. The Balaban J connectivity index is 1.91. The molecule has 5 heteroatoms. The maximum absolute atomic E-state index is 10.1. The summed E-state index contributed by atoms with van der Waals surface area (Å²) >= 11 is 0. The third-order valence-corrected chi connectivity index (χ3v) is 3.57. The highest BCUT2D eigenvalue weighted by atomic mass is 16.5. The molecule has 0 aliphatic carbocycles. The molecule has 1 atom stereocenters. The molecule has 0 radical (unpaired) electrons. The van der Waals surface area contributed by atoms with Crippen molar-refractivity contribution in [2.24, 2.45) is 10.7 Å². The van der Waals surface area contributed by atoms with Gasteiger partial charge in [0.15, 0.2) is 5.96 Å². The molecule has 4 N–H and O–H groups in total. The summed E-state index contributed by atoms with van der Waals surface area (Å²) in [5.41, 5.74) is 8.77. The van der Waals surface area contributed by atoms with Crippen molar-refractivity contribution in [1.82, 2.24) is 0 Å². The number of aliphatic hydroxyl groups excluding tert-OH is 1. The summed E-state index contributed by atoms with van der Waals surface area (Å²) in [5.74, 6) is 1.03. The number of nitrogens with two attached hydrogens (primary N) is 1. The van der Waals surface area contributed by atoms with Crippen LogP contribution in [0.1, 0.15) is 24.2 Å². The van der Waals surface area contributed by atoms with E-state index in [4.69, 9.17) is 10.5 Å². The predicted molar refractivity (Wildman–Crippen MR) is 93.9 cm³/mol. The molecule has 23 heavy (non-hydrogen) atoms. The zero-order chi connectivity index (χ0) is 16.7. The van der Waals surface area contributed by atoms with Crippen LogP contribution in [0, 0.1) is 0 Å². The zero-order valence-corrected chi connectivity index (χ0v) is 13.5. The number of anilines is 1. The second-order valence-electron chi connectivity index (χ2n) is 5.19. The lowest BCUT2D eigenvalue weighted by Gasteiger charge is -2.11. The van der Waals surface area contributed by atoms with Crippen LogP contribution in [0.4, 0.5) is 5.69 Å². The van der Waals surface area contributed by atoms with Crippen molar-refractivity contribution in [2.45, 2.75) is 19.4 Å². The lowest BCUT2D eigenvalue weighted by Crippen LogP contribution is -2.23. The number of aliphatic hydroxyl groups is 1. The van der Waals surface area contributed by atoms with E-state index in [2.05, 4.69) is 17.2 Å². The fraction of sp³-hybridized carbons (Fsp3) is 0.278. The molecule has 0 amide bonds. The molecule has 0 aliphatic rings. The first-order valence-electron chi connectivity index (χ1n) is 7.60. The zero-order valence-electron chi connectivity index (χ0n) is 13.5. The van der Waals surface area contributed by atoms with Crippen molar-refractivity contribution in [3.05, 3.63) is 59.7 Å². The summed E-state index contributed by atoms with van der Waals surface area (Å²) in [6, 6.07) is 15.2. The first-order chi connectivity index (χ1) is 11.1. The van der Waals surface area contributed by atoms with Gasteiger partial charge in [0.2, 0.25) is 0 Å². The summed E-state index contributed by atoms with van der Waals surface area (Å²) in [5, 5.41) is 13.2. The van der Waals surface area contributed by atoms with E-state index in [-0.39, 0.29) is 12.5 Å². The molecule has 1 unspecified atom stereocenters. The van der Waals surface area contributed by atoms with Crippen molar-refractivity contribution in [3.8, 4) is 5.75 Å². The van der Waals surface area contributed by atoms with Crippen molar-refractivity contribution in [2.75, 3.05) is 19.0 Å². The molecular formula is C18H23N3O2. The largest absolute Gasteiger partial charge is 0.497 e. The van der Waals surface area contributed by atoms with Gasteiger partial charge in [-0.3, -0.25) is 4.99 Å². The minimum Gasteiger partial charge on any atom is -0.497 e. The van der Waals surface area contributed by atoms with Gasteiger partial charge in [-0.05, 0) is 41.8 Å². The normalized spacial score (nSPS) is 12.7. The van der Waals surface area contributed by atoms with Crippen molar-refractivity contribution < 1.29 is 9.84 Å². The van der Waals surface area contributed by atoms with Crippen LogP contribution in [-0.4, -0.2) is 24.7 Å². The van der Waals surface area contributed by atoms with E-state index in [1.807, 2.05) is 36.4 Å². The lowest BCUT2D eigenvalue weighted by atomic mass is 10.1. The smallest absolute Gasteiger partial charge is 0.193 e.